The highest BCUT2D eigenvalue weighted by atomic mass is 32.2. The predicted molar refractivity (Wildman–Crippen MR) is 110 cm³/mol. The van der Waals surface area contributed by atoms with Gasteiger partial charge in [0.2, 0.25) is 0 Å². The zero-order valence-electron chi connectivity index (χ0n) is 15.1. The SMILES string of the molecule is Cc1cccc([C@@H](Sc2ccccc2N)[C@@H]2COc3ccccc3C2=O)c1. The quantitative estimate of drug-likeness (QED) is 0.496. The number of rotatable bonds is 4. The molecule has 1 aliphatic rings. The van der Waals surface area contributed by atoms with Gasteiger partial charge in [0, 0.05) is 15.8 Å². The monoisotopic (exact) mass is 375 g/mol. The van der Waals surface area contributed by atoms with Crippen molar-refractivity contribution in [2.45, 2.75) is 17.1 Å². The van der Waals surface area contributed by atoms with Gasteiger partial charge in [-0.05, 0) is 36.8 Å². The normalized spacial score (nSPS) is 17.1. The summed E-state index contributed by atoms with van der Waals surface area (Å²) < 4.78 is 5.94. The Labute approximate surface area is 163 Å². The highest BCUT2D eigenvalue weighted by molar-refractivity contribution is 7.99. The number of ether oxygens (including phenoxy) is 1. The van der Waals surface area contributed by atoms with E-state index in [9.17, 15) is 4.79 Å². The minimum Gasteiger partial charge on any atom is -0.492 e. The average Bonchev–Trinajstić information content (AvgIpc) is 2.68. The molecule has 3 aromatic carbocycles. The second-order valence-electron chi connectivity index (χ2n) is 6.77. The number of para-hydroxylation sites is 2. The van der Waals surface area contributed by atoms with E-state index < -0.39 is 0 Å². The lowest BCUT2D eigenvalue weighted by molar-refractivity contribution is 0.0827. The van der Waals surface area contributed by atoms with Crippen LogP contribution in [0.3, 0.4) is 0 Å². The molecule has 0 spiro atoms. The maximum Gasteiger partial charge on any atom is 0.174 e. The van der Waals surface area contributed by atoms with Gasteiger partial charge in [0.15, 0.2) is 5.78 Å². The number of hydrogen-bond acceptors (Lipinski definition) is 4. The maximum absolute atomic E-state index is 13.3. The van der Waals surface area contributed by atoms with Crippen molar-refractivity contribution in [1.82, 2.24) is 0 Å². The molecule has 0 unspecified atom stereocenters. The third kappa shape index (κ3) is 3.58. The van der Waals surface area contributed by atoms with Gasteiger partial charge in [-0.1, -0.05) is 54.1 Å². The zero-order valence-corrected chi connectivity index (χ0v) is 15.9. The van der Waals surface area contributed by atoms with Crippen molar-refractivity contribution in [1.29, 1.82) is 0 Å². The standard InChI is InChI=1S/C23H21NO2S/c1-15-7-6-8-16(13-15)23(27-21-12-5-3-10-19(21)24)18-14-26-20-11-4-2-9-17(20)22(18)25/h2-13,18,23H,14,24H2,1H3/t18-,23-/m1/s1. The Morgan fingerprint density at radius 3 is 2.63 bits per heavy atom. The third-order valence-corrected chi connectivity index (χ3v) is 6.30. The molecule has 4 rings (SSSR count). The maximum atomic E-state index is 13.3. The Kier molecular flexibility index (Phi) is 4.90. The Morgan fingerprint density at radius 1 is 1.04 bits per heavy atom. The van der Waals surface area contributed by atoms with Crippen molar-refractivity contribution in [3.63, 3.8) is 0 Å². The van der Waals surface area contributed by atoms with E-state index in [2.05, 4.69) is 25.1 Å². The van der Waals surface area contributed by atoms with Crippen molar-refractivity contribution in [3.8, 4) is 5.75 Å². The topological polar surface area (TPSA) is 52.3 Å². The van der Waals surface area contributed by atoms with E-state index in [0.29, 0.717) is 17.9 Å². The number of nitrogens with two attached hydrogens (primary N) is 1. The number of carbonyl (C=O) groups is 1. The lowest BCUT2D eigenvalue weighted by Crippen LogP contribution is -2.31. The van der Waals surface area contributed by atoms with Gasteiger partial charge >= 0.3 is 0 Å². The number of ketones is 1. The molecule has 2 N–H and O–H groups in total. The van der Waals surface area contributed by atoms with E-state index in [1.54, 1.807) is 11.8 Å². The molecule has 1 aliphatic heterocycles. The lowest BCUT2D eigenvalue weighted by atomic mass is 9.89. The molecule has 0 amide bonds. The number of hydrogen-bond donors (Lipinski definition) is 1. The van der Waals surface area contributed by atoms with Crippen LogP contribution in [0.4, 0.5) is 5.69 Å². The first kappa shape index (κ1) is 17.7. The van der Waals surface area contributed by atoms with E-state index in [-0.39, 0.29) is 17.0 Å². The number of Topliss-reactive ketones (excluding diaryl/α,β-unsaturated/α-hetero) is 1. The van der Waals surface area contributed by atoms with Crippen LogP contribution in [0.5, 0.6) is 5.75 Å². The van der Waals surface area contributed by atoms with Crippen LogP contribution in [0.25, 0.3) is 0 Å². The van der Waals surface area contributed by atoms with Gasteiger partial charge < -0.3 is 10.5 Å². The number of anilines is 1. The molecular weight excluding hydrogens is 354 g/mol. The molecule has 3 nitrogen and oxygen atoms in total. The summed E-state index contributed by atoms with van der Waals surface area (Å²) in [5, 5.41) is -0.0737. The molecule has 2 atom stereocenters. The fourth-order valence-electron chi connectivity index (χ4n) is 3.43. The largest absolute Gasteiger partial charge is 0.492 e. The van der Waals surface area contributed by atoms with Crippen molar-refractivity contribution >= 4 is 23.2 Å². The lowest BCUT2D eigenvalue weighted by Gasteiger charge is -2.31. The van der Waals surface area contributed by atoms with Crippen molar-refractivity contribution < 1.29 is 9.53 Å². The zero-order chi connectivity index (χ0) is 18.8. The summed E-state index contributed by atoms with van der Waals surface area (Å²) in [6.45, 7) is 2.44. The summed E-state index contributed by atoms with van der Waals surface area (Å²) in [5.41, 5.74) is 9.85. The molecule has 3 aromatic rings. The fourth-order valence-corrected chi connectivity index (χ4v) is 4.71. The van der Waals surface area contributed by atoms with Crippen molar-refractivity contribution in [3.05, 3.63) is 89.5 Å². The molecule has 4 heteroatoms. The van der Waals surface area contributed by atoms with Gasteiger partial charge in [-0.25, -0.2) is 0 Å². The molecule has 1 heterocycles. The van der Waals surface area contributed by atoms with Gasteiger partial charge in [0.25, 0.3) is 0 Å². The molecule has 27 heavy (non-hydrogen) atoms. The summed E-state index contributed by atoms with van der Waals surface area (Å²) >= 11 is 1.64. The van der Waals surface area contributed by atoms with Crippen LogP contribution >= 0.6 is 11.8 Å². The van der Waals surface area contributed by atoms with Crippen LogP contribution < -0.4 is 10.5 Å². The van der Waals surface area contributed by atoms with Crippen LogP contribution in [-0.4, -0.2) is 12.4 Å². The molecule has 0 bridgehead atoms. The van der Waals surface area contributed by atoms with Crippen molar-refractivity contribution in [2.75, 3.05) is 12.3 Å². The second-order valence-corrected chi connectivity index (χ2v) is 7.95. The molecule has 0 fully saturated rings. The predicted octanol–water partition coefficient (Wildman–Crippen LogP) is 5.30. The van der Waals surface area contributed by atoms with Crippen LogP contribution in [0.15, 0.2) is 77.7 Å². The molecule has 136 valence electrons. The number of nitrogen functional groups attached to an aromatic ring is 1. The van der Waals surface area contributed by atoms with Crippen LogP contribution in [-0.2, 0) is 0 Å². The summed E-state index contributed by atoms with van der Waals surface area (Å²) in [6.07, 6.45) is 0. The fraction of sp³-hybridized carbons (Fsp3) is 0.174. The number of fused-ring (bicyclic) bond motifs is 1. The van der Waals surface area contributed by atoms with Gasteiger partial charge in [-0.3, -0.25) is 4.79 Å². The molecule has 0 radical (unpaired) electrons. The number of aryl methyl sites for hydroxylation is 1. The highest BCUT2D eigenvalue weighted by Gasteiger charge is 2.36. The molecule has 0 saturated carbocycles. The Bertz CT molecular complexity index is 985. The molecular formula is C23H21NO2S. The van der Waals surface area contributed by atoms with Gasteiger partial charge in [0.1, 0.15) is 5.75 Å². The van der Waals surface area contributed by atoms with E-state index in [4.69, 9.17) is 10.5 Å². The van der Waals surface area contributed by atoms with Gasteiger partial charge in [-0.15, -0.1) is 11.8 Å². The molecule has 0 aliphatic carbocycles. The first-order chi connectivity index (χ1) is 13.1. The van der Waals surface area contributed by atoms with Crippen LogP contribution in [0.1, 0.15) is 26.7 Å². The second kappa shape index (κ2) is 7.49. The van der Waals surface area contributed by atoms with E-state index in [0.717, 1.165) is 16.1 Å². The smallest absolute Gasteiger partial charge is 0.174 e. The Morgan fingerprint density at radius 2 is 1.81 bits per heavy atom. The third-order valence-electron chi connectivity index (χ3n) is 4.82. The molecule has 0 saturated heterocycles. The highest BCUT2D eigenvalue weighted by Crippen LogP contribution is 2.46. The van der Waals surface area contributed by atoms with Crippen molar-refractivity contribution in [2.24, 2.45) is 5.92 Å². The summed E-state index contributed by atoms with van der Waals surface area (Å²) in [6, 6.07) is 23.6. The first-order valence-electron chi connectivity index (χ1n) is 8.97. The van der Waals surface area contributed by atoms with E-state index >= 15 is 0 Å². The van der Waals surface area contributed by atoms with Gasteiger partial charge in [0.05, 0.1) is 18.1 Å². The first-order valence-corrected chi connectivity index (χ1v) is 9.85. The number of carbonyl (C=O) groups excluding carboxylic acids is 1. The summed E-state index contributed by atoms with van der Waals surface area (Å²) in [5.74, 6) is 0.530. The van der Waals surface area contributed by atoms with E-state index in [1.807, 2.05) is 54.6 Å². The number of benzene rings is 3. The van der Waals surface area contributed by atoms with E-state index in [1.165, 1.54) is 5.56 Å². The number of thioether (sulfide) groups is 1. The van der Waals surface area contributed by atoms with Gasteiger partial charge in [-0.2, -0.15) is 0 Å². The van der Waals surface area contributed by atoms with Crippen LogP contribution in [0.2, 0.25) is 0 Å². The minimum absolute atomic E-state index is 0.0737. The van der Waals surface area contributed by atoms with Crippen LogP contribution in [0, 0.1) is 12.8 Å². The molecule has 0 aromatic heterocycles. The Hall–Kier alpha value is -2.72. The summed E-state index contributed by atoms with van der Waals surface area (Å²) in [4.78, 5) is 14.2. The Balaban J connectivity index is 1.74. The summed E-state index contributed by atoms with van der Waals surface area (Å²) in [7, 11) is 0. The minimum atomic E-state index is -0.272. The average molecular weight is 375 g/mol.